The SMILES string of the molecule is CCNC(=NCc1cccc(COCCOCC)c1)N1CCCC(CC(N)=O)C1. The molecule has 1 aliphatic rings. The molecule has 162 valence electrons. The van der Waals surface area contributed by atoms with Crippen molar-refractivity contribution in [3.05, 3.63) is 35.4 Å². The Bertz CT molecular complexity index is 651. The number of nitrogens with zero attached hydrogens (tertiary/aromatic N) is 2. The Kier molecular flexibility index (Phi) is 10.5. The summed E-state index contributed by atoms with van der Waals surface area (Å²) in [5.74, 6) is 0.987. The summed E-state index contributed by atoms with van der Waals surface area (Å²) in [6.07, 6.45) is 2.54. The minimum absolute atomic E-state index is 0.223. The second-order valence-electron chi connectivity index (χ2n) is 7.36. The van der Waals surface area contributed by atoms with Gasteiger partial charge in [0.25, 0.3) is 0 Å². The molecule has 1 fully saturated rings. The standard InChI is InChI=1S/C22H36N4O3/c1-3-24-22(26-10-6-9-19(16-26)14-21(23)27)25-15-18-7-5-8-20(13-18)17-29-12-11-28-4-2/h5,7-8,13,19H,3-4,6,9-12,14-17H2,1-2H3,(H2,23,27)(H,24,25). The van der Waals surface area contributed by atoms with Crippen LogP contribution in [0.5, 0.6) is 0 Å². The predicted molar refractivity (Wildman–Crippen MR) is 116 cm³/mol. The van der Waals surface area contributed by atoms with E-state index in [1.54, 1.807) is 0 Å². The van der Waals surface area contributed by atoms with Gasteiger partial charge in [-0.1, -0.05) is 24.3 Å². The lowest BCUT2D eigenvalue weighted by Gasteiger charge is -2.34. The zero-order chi connectivity index (χ0) is 20.9. The van der Waals surface area contributed by atoms with E-state index in [0.29, 0.717) is 45.3 Å². The zero-order valence-corrected chi connectivity index (χ0v) is 17.9. The molecule has 0 radical (unpaired) electrons. The molecule has 0 aromatic heterocycles. The second-order valence-corrected chi connectivity index (χ2v) is 7.36. The number of guanidine groups is 1. The maximum absolute atomic E-state index is 11.3. The molecule has 1 heterocycles. The average molecular weight is 405 g/mol. The summed E-state index contributed by atoms with van der Waals surface area (Å²) in [5, 5.41) is 3.39. The lowest BCUT2D eigenvalue weighted by atomic mass is 9.95. The molecule has 1 saturated heterocycles. The predicted octanol–water partition coefficient (Wildman–Crippen LogP) is 2.29. The van der Waals surface area contributed by atoms with Crippen molar-refractivity contribution >= 4 is 11.9 Å². The van der Waals surface area contributed by atoms with Gasteiger partial charge in [0.1, 0.15) is 0 Å². The second kappa shape index (κ2) is 13.2. The number of piperidine rings is 1. The van der Waals surface area contributed by atoms with E-state index in [4.69, 9.17) is 20.2 Å². The smallest absolute Gasteiger partial charge is 0.217 e. The van der Waals surface area contributed by atoms with Crippen LogP contribution in [0, 0.1) is 5.92 Å². The van der Waals surface area contributed by atoms with Gasteiger partial charge < -0.3 is 25.4 Å². The van der Waals surface area contributed by atoms with E-state index < -0.39 is 0 Å². The van der Waals surface area contributed by atoms with E-state index in [0.717, 1.165) is 49.6 Å². The van der Waals surface area contributed by atoms with Gasteiger partial charge in [-0.05, 0) is 43.7 Å². The van der Waals surface area contributed by atoms with Crippen LogP contribution >= 0.6 is 0 Å². The van der Waals surface area contributed by atoms with E-state index in [-0.39, 0.29) is 5.91 Å². The topological polar surface area (TPSA) is 89.2 Å². The number of likely N-dealkylation sites (tertiary alicyclic amines) is 1. The normalized spacial score (nSPS) is 17.4. The van der Waals surface area contributed by atoms with Gasteiger partial charge in [0, 0.05) is 32.7 Å². The minimum Gasteiger partial charge on any atom is -0.379 e. The van der Waals surface area contributed by atoms with E-state index in [1.807, 2.05) is 13.0 Å². The number of nitrogens with two attached hydrogens (primary N) is 1. The number of hydrogen-bond donors (Lipinski definition) is 2. The van der Waals surface area contributed by atoms with Gasteiger partial charge in [-0.2, -0.15) is 0 Å². The Labute approximate surface area is 174 Å². The van der Waals surface area contributed by atoms with Gasteiger partial charge in [-0.25, -0.2) is 4.99 Å². The molecule has 1 amide bonds. The first-order valence-corrected chi connectivity index (χ1v) is 10.7. The summed E-state index contributed by atoms with van der Waals surface area (Å²) >= 11 is 0. The van der Waals surface area contributed by atoms with Crippen LogP contribution in [-0.2, 0) is 27.4 Å². The molecular weight excluding hydrogens is 368 g/mol. The molecule has 29 heavy (non-hydrogen) atoms. The molecule has 7 nitrogen and oxygen atoms in total. The molecule has 1 aromatic carbocycles. The lowest BCUT2D eigenvalue weighted by molar-refractivity contribution is -0.119. The number of carbonyl (C=O) groups is 1. The van der Waals surface area contributed by atoms with Crippen LogP contribution in [0.3, 0.4) is 0 Å². The van der Waals surface area contributed by atoms with Crippen LogP contribution in [0.15, 0.2) is 29.3 Å². The number of carbonyl (C=O) groups excluding carboxylic acids is 1. The third-order valence-corrected chi connectivity index (χ3v) is 4.89. The number of benzene rings is 1. The summed E-state index contributed by atoms with van der Waals surface area (Å²) in [7, 11) is 0. The molecule has 3 N–H and O–H groups in total. The highest BCUT2D eigenvalue weighted by Gasteiger charge is 2.23. The van der Waals surface area contributed by atoms with E-state index in [9.17, 15) is 4.79 Å². The number of amides is 1. The first-order chi connectivity index (χ1) is 14.1. The average Bonchev–Trinajstić information content (AvgIpc) is 2.71. The van der Waals surface area contributed by atoms with Crippen LogP contribution in [0.2, 0.25) is 0 Å². The monoisotopic (exact) mass is 404 g/mol. The zero-order valence-electron chi connectivity index (χ0n) is 17.9. The fraction of sp³-hybridized carbons (Fsp3) is 0.636. The molecule has 1 aromatic rings. The number of rotatable bonds is 11. The fourth-order valence-corrected chi connectivity index (χ4v) is 3.57. The van der Waals surface area contributed by atoms with Crippen molar-refractivity contribution in [1.29, 1.82) is 0 Å². The Morgan fingerprint density at radius 3 is 2.83 bits per heavy atom. The highest BCUT2D eigenvalue weighted by molar-refractivity contribution is 5.80. The van der Waals surface area contributed by atoms with Gasteiger partial charge in [0.2, 0.25) is 5.91 Å². The van der Waals surface area contributed by atoms with Crippen LogP contribution in [-0.4, -0.2) is 56.2 Å². The summed E-state index contributed by atoms with van der Waals surface area (Å²) in [6.45, 7) is 9.75. The van der Waals surface area contributed by atoms with Gasteiger partial charge >= 0.3 is 0 Å². The quantitative estimate of drug-likeness (QED) is 0.336. The fourth-order valence-electron chi connectivity index (χ4n) is 3.57. The number of aliphatic imine (C=N–C) groups is 1. The van der Waals surface area contributed by atoms with Crippen LogP contribution < -0.4 is 11.1 Å². The van der Waals surface area contributed by atoms with Crippen molar-refractivity contribution in [2.24, 2.45) is 16.6 Å². The number of nitrogens with one attached hydrogen (secondary N) is 1. The largest absolute Gasteiger partial charge is 0.379 e. The summed E-state index contributed by atoms with van der Waals surface area (Å²) in [4.78, 5) is 18.4. The van der Waals surface area contributed by atoms with Crippen molar-refractivity contribution in [3.63, 3.8) is 0 Å². The Morgan fingerprint density at radius 2 is 2.07 bits per heavy atom. The van der Waals surface area contributed by atoms with Crippen LogP contribution in [0.1, 0.15) is 44.2 Å². The molecule has 0 saturated carbocycles. The van der Waals surface area contributed by atoms with Crippen molar-refractivity contribution in [2.75, 3.05) is 39.5 Å². The first-order valence-electron chi connectivity index (χ1n) is 10.7. The minimum atomic E-state index is -0.223. The van der Waals surface area contributed by atoms with E-state index in [1.165, 1.54) is 0 Å². The Hall–Kier alpha value is -2.12. The Morgan fingerprint density at radius 1 is 1.28 bits per heavy atom. The molecule has 1 atom stereocenters. The van der Waals surface area contributed by atoms with Gasteiger partial charge in [0.15, 0.2) is 5.96 Å². The number of primary amides is 1. The molecule has 7 heteroatoms. The van der Waals surface area contributed by atoms with Crippen LogP contribution in [0.25, 0.3) is 0 Å². The number of ether oxygens (including phenoxy) is 2. The molecule has 1 unspecified atom stereocenters. The molecular formula is C22H36N4O3. The third-order valence-electron chi connectivity index (χ3n) is 4.89. The van der Waals surface area contributed by atoms with E-state index in [2.05, 4.69) is 35.3 Å². The first kappa shape index (κ1) is 23.2. The third kappa shape index (κ3) is 8.83. The maximum Gasteiger partial charge on any atom is 0.217 e. The lowest BCUT2D eigenvalue weighted by Crippen LogP contribution is -2.47. The van der Waals surface area contributed by atoms with Crippen molar-refractivity contribution in [2.45, 2.75) is 46.3 Å². The highest BCUT2D eigenvalue weighted by atomic mass is 16.5. The number of hydrogen-bond acceptors (Lipinski definition) is 4. The van der Waals surface area contributed by atoms with Gasteiger partial charge in [-0.15, -0.1) is 0 Å². The molecule has 0 spiro atoms. The maximum atomic E-state index is 11.3. The Balaban J connectivity index is 1.93. The van der Waals surface area contributed by atoms with Crippen LogP contribution in [0.4, 0.5) is 0 Å². The summed E-state index contributed by atoms with van der Waals surface area (Å²) < 4.78 is 10.9. The molecule has 1 aliphatic heterocycles. The summed E-state index contributed by atoms with van der Waals surface area (Å²) in [6, 6.07) is 8.34. The van der Waals surface area contributed by atoms with Crippen molar-refractivity contribution in [1.82, 2.24) is 10.2 Å². The molecule has 2 rings (SSSR count). The van der Waals surface area contributed by atoms with E-state index >= 15 is 0 Å². The molecule has 0 bridgehead atoms. The summed E-state index contributed by atoms with van der Waals surface area (Å²) in [5.41, 5.74) is 7.68. The van der Waals surface area contributed by atoms with Gasteiger partial charge in [-0.3, -0.25) is 4.79 Å². The van der Waals surface area contributed by atoms with Gasteiger partial charge in [0.05, 0.1) is 26.4 Å². The van der Waals surface area contributed by atoms with Crippen molar-refractivity contribution in [3.8, 4) is 0 Å². The highest BCUT2D eigenvalue weighted by Crippen LogP contribution is 2.19. The van der Waals surface area contributed by atoms with Crippen molar-refractivity contribution < 1.29 is 14.3 Å². The molecule has 0 aliphatic carbocycles.